The second-order valence-corrected chi connectivity index (χ2v) is 3.45. The lowest BCUT2D eigenvalue weighted by molar-refractivity contribution is 0.0827. The maximum absolute atomic E-state index is 11.5. The van der Waals surface area contributed by atoms with Crippen molar-refractivity contribution in [1.29, 1.82) is 0 Å². The van der Waals surface area contributed by atoms with Crippen molar-refractivity contribution < 1.29 is 4.79 Å². The van der Waals surface area contributed by atoms with Gasteiger partial charge in [-0.3, -0.25) is 10.6 Å². The fourth-order valence-electron chi connectivity index (χ4n) is 1.02. The Morgan fingerprint density at radius 1 is 1.47 bits per heavy atom. The number of nitrogens with one attached hydrogen (secondary N) is 1. The van der Waals surface area contributed by atoms with Crippen LogP contribution in [0.25, 0.3) is 0 Å². The fourth-order valence-corrected chi connectivity index (χ4v) is 1.26. The minimum Gasteiger partial charge on any atom is -0.345 e. The van der Waals surface area contributed by atoms with Gasteiger partial charge in [0.2, 0.25) is 0 Å². The van der Waals surface area contributed by atoms with Crippen molar-refractivity contribution >= 4 is 35.6 Å². The highest BCUT2D eigenvalue weighted by atomic mass is 35.5. The number of carbonyl (C=O) groups excluding carboxylic acids is 1. The second-order valence-electron chi connectivity index (χ2n) is 3.04. The first-order chi connectivity index (χ1) is 6.56. The summed E-state index contributed by atoms with van der Waals surface area (Å²) >= 11 is 5.87. The van der Waals surface area contributed by atoms with Crippen molar-refractivity contribution in [1.82, 2.24) is 4.90 Å². The quantitative estimate of drug-likeness (QED) is 0.621. The number of nitrogens with two attached hydrogens (primary N) is 1. The van der Waals surface area contributed by atoms with Gasteiger partial charge in [0, 0.05) is 19.7 Å². The second kappa shape index (κ2) is 5.80. The van der Waals surface area contributed by atoms with Gasteiger partial charge in [0.15, 0.2) is 0 Å². The Labute approximate surface area is 99.8 Å². The van der Waals surface area contributed by atoms with Gasteiger partial charge in [-0.15, -0.1) is 12.4 Å². The molecule has 0 heterocycles. The molecule has 0 saturated heterocycles. The third-order valence-electron chi connectivity index (χ3n) is 1.78. The molecule has 0 unspecified atom stereocenters. The number of hydrogen-bond donors (Lipinski definition) is 2. The van der Waals surface area contributed by atoms with Crippen LogP contribution in [0.4, 0.5) is 5.69 Å². The van der Waals surface area contributed by atoms with Gasteiger partial charge in [-0.1, -0.05) is 11.6 Å². The number of carbonyl (C=O) groups is 1. The number of nitrogen functional groups attached to an aromatic ring is 1. The van der Waals surface area contributed by atoms with Crippen molar-refractivity contribution in [2.75, 3.05) is 19.5 Å². The van der Waals surface area contributed by atoms with E-state index in [1.54, 1.807) is 32.3 Å². The van der Waals surface area contributed by atoms with E-state index in [1.165, 1.54) is 4.90 Å². The Balaban J connectivity index is 0.00000196. The molecule has 0 fully saturated rings. The molecule has 1 amide bonds. The normalized spacial score (nSPS) is 9.07. The Kier molecular flexibility index (Phi) is 5.43. The zero-order valence-corrected chi connectivity index (χ0v) is 10.0. The van der Waals surface area contributed by atoms with Crippen LogP contribution in [-0.4, -0.2) is 24.9 Å². The van der Waals surface area contributed by atoms with E-state index in [1.807, 2.05) is 0 Å². The maximum Gasteiger partial charge on any atom is 0.253 e. The molecule has 0 spiro atoms. The van der Waals surface area contributed by atoms with Crippen LogP contribution in [0.1, 0.15) is 10.4 Å². The standard InChI is InChI=1S/C9H12ClN3O.ClH/c1-13(2)9(14)6-3-4-8(12-11)7(10)5-6;/h3-5,12H,11H2,1-2H3;1H. The lowest BCUT2D eigenvalue weighted by Crippen LogP contribution is -2.21. The predicted octanol–water partition coefficient (Wildman–Crippen LogP) is 1.75. The van der Waals surface area contributed by atoms with Crippen LogP contribution in [0.2, 0.25) is 5.02 Å². The zero-order valence-electron chi connectivity index (χ0n) is 8.45. The van der Waals surface area contributed by atoms with E-state index in [2.05, 4.69) is 5.43 Å². The molecule has 0 atom stereocenters. The molecule has 15 heavy (non-hydrogen) atoms. The zero-order chi connectivity index (χ0) is 10.7. The maximum atomic E-state index is 11.5. The summed E-state index contributed by atoms with van der Waals surface area (Å²) in [6.07, 6.45) is 0. The molecule has 1 aromatic carbocycles. The van der Waals surface area contributed by atoms with Crippen LogP contribution >= 0.6 is 24.0 Å². The largest absolute Gasteiger partial charge is 0.345 e. The highest BCUT2D eigenvalue weighted by molar-refractivity contribution is 6.33. The molecule has 1 aromatic rings. The van der Waals surface area contributed by atoms with Crippen LogP contribution in [0.15, 0.2) is 18.2 Å². The fraction of sp³-hybridized carbons (Fsp3) is 0.222. The van der Waals surface area contributed by atoms with E-state index >= 15 is 0 Å². The number of nitrogens with zero attached hydrogens (tertiary/aromatic N) is 1. The number of halogens is 2. The Morgan fingerprint density at radius 2 is 2.07 bits per heavy atom. The summed E-state index contributed by atoms with van der Waals surface area (Å²) < 4.78 is 0. The van der Waals surface area contributed by atoms with Gasteiger partial charge in [-0.05, 0) is 18.2 Å². The highest BCUT2D eigenvalue weighted by Crippen LogP contribution is 2.22. The monoisotopic (exact) mass is 249 g/mol. The molecule has 0 radical (unpaired) electrons. The van der Waals surface area contributed by atoms with E-state index in [4.69, 9.17) is 17.4 Å². The van der Waals surface area contributed by atoms with Crippen LogP contribution in [0.3, 0.4) is 0 Å². The molecular weight excluding hydrogens is 237 g/mol. The topological polar surface area (TPSA) is 58.4 Å². The van der Waals surface area contributed by atoms with Gasteiger partial charge in [-0.2, -0.15) is 0 Å². The summed E-state index contributed by atoms with van der Waals surface area (Å²) in [5.41, 5.74) is 3.57. The first-order valence-corrected chi connectivity index (χ1v) is 4.42. The summed E-state index contributed by atoms with van der Waals surface area (Å²) in [5, 5.41) is 0.431. The number of anilines is 1. The lowest BCUT2D eigenvalue weighted by atomic mass is 10.2. The van der Waals surface area contributed by atoms with Gasteiger partial charge < -0.3 is 10.3 Å². The molecule has 4 nitrogen and oxygen atoms in total. The molecule has 0 aliphatic heterocycles. The molecule has 0 saturated carbocycles. The summed E-state index contributed by atoms with van der Waals surface area (Å²) in [6, 6.07) is 4.92. The van der Waals surface area contributed by atoms with Crippen LogP contribution in [0, 0.1) is 0 Å². The Hall–Kier alpha value is -0.970. The molecule has 6 heteroatoms. The van der Waals surface area contributed by atoms with Gasteiger partial charge >= 0.3 is 0 Å². The van der Waals surface area contributed by atoms with E-state index in [9.17, 15) is 4.79 Å². The summed E-state index contributed by atoms with van der Waals surface area (Å²) in [7, 11) is 3.37. The number of hydrogen-bond acceptors (Lipinski definition) is 3. The van der Waals surface area contributed by atoms with Crippen molar-refractivity contribution in [3.63, 3.8) is 0 Å². The third-order valence-corrected chi connectivity index (χ3v) is 2.09. The van der Waals surface area contributed by atoms with Gasteiger partial charge in [-0.25, -0.2) is 0 Å². The summed E-state index contributed by atoms with van der Waals surface area (Å²) in [6.45, 7) is 0. The summed E-state index contributed by atoms with van der Waals surface area (Å²) in [5.74, 6) is 5.12. The first-order valence-electron chi connectivity index (χ1n) is 4.04. The number of amides is 1. The highest BCUT2D eigenvalue weighted by Gasteiger charge is 2.09. The number of rotatable bonds is 2. The van der Waals surface area contributed by atoms with Gasteiger partial charge in [0.05, 0.1) is 10.7 Å². The molecule has 1 rings (SSSR count). The minimum absolute atomic E-state index is 0. The summed E-state index contributed by atoms with van der Waals surface area (Å²) in [4.78, 5) is 13.0. The Bertz CT molecular complexity index is 355. The molecule has 0 aromatic heterocycles. The molecule has 0 aliphatic rings. The smallest absolute Gasteiger partial charge is 0.253 e. The van der Waals surface area contributed by atoms with E-state index < -0.39 is 0 Å². The minimum atomic E-state index is -0.0875. The average Bonchev–Trinajstić information content (AvgIpc) is 2.16. The first kappa shape index (κ1) is 14.0. The van der Waals surface area contributed by atoms with Crippen molar-refractivity contribution in [2.45, 2.75) is 0 Å². The predicted molar refractivity (Wildman–Crippen MR) is 64.5 cm³/mol. The Morgan fingerprint density at radius 3 is 2.47 bits per heavy atom. The average molecular weight is 250 g/mol. The van der Waals surface area contributed by atoms with E-state index in [-0.39, 0.29) is 18.3 Å². The molecule has 0 aliphatic carbocycles. The number of benzene rings is 1. The number of hydrazine groups is 1. The molecule has 84 valence electrons. The van der Waals surface area contributed by atoms with Crippen molar-refractivity contribution in [2.24, 2.45) is 5.84 Å². The van der Waals surface area contributed by atoms with Crippen molar-refractivity contribution in [3.05, 3.63) is 28.8 Å². The van der Waals surface area contributed by atoms with Crippen molar-refractivity contribution in [3.8, 4) is 0 Å². The van der Waals surface area contributed by atoms with E-state index in [0.29, 0.717) is 16.3 Å². The van der Waals surface area contributed by atoms with Crippen LogP contribution in [-0.2, 0) is 0 Å². The molecule has 3 N–H and O–H groups in total. The molecular formula is C9H13Cl2N3O. The van der Waals surface area contributed by atoms with Crippen LogP contribution < -0.4 is 11.3 Å². The van der Waals surface area contributed by atoms with E-state index in [0.717, 1.165) is 0 Å². The van der Waals surface area contributed by atoms with Crippen LogP contribution in [0.5, 0.6) is 0 Å². The molecule has 0 bridgehead atoms. The van der Waals surface area contributed by atoms with Gasteiger partial charge in [0.1, 0.15) is 0 Å². The third kappa shape index (κ3) is 3.27. The SMILES string of the molecule is CN(C)C(=O)c1ccc(NN)c(Cl)c1.Cl. The van der Waals surface area contributed by atoms with Gasteiger partial charge in [0.25, 0.3) is 5.91 Å². The lowest BCUT2D eigenvalue weighted by Gasteiger charge is -2.11.